The van der Waals surface area contributed by atoms with Crippen molar-refractivity contribution in [3.63, 3.8) is 0 Å². The summed E-state index contributed by atoms with van der Waals surface area (Å²) < 4.78 is 0. The number of rotatable bonds is 0. The molecule has 4 rings (SSSR count). The van der Waals surface area contributed by atoms with Gasteiger partial charge in [-0.1, -0.05) is 18.2 Å². The maximum atomic E-state index is 12.5. The second-order valence-corrected chi connectivity index (χ2v) is 5.55. The Kier molecular flexibility index (Phi) is 1.76. The number of amides is 1. The molecule has 3 aliphatic rings. The summed E-state index contributed by atoms with van der Waals surface area (Å²) in [6, 6.07) is 8.21. The van der Waals surface area contributed by atoms with Gasteiger partial charge in [0.25, 0.3) is 0 Å². The third-order valence-corrected chi connectivity index (χ3v) is 4.74. The van der Waals surface area contributed by atoms with E-state index in [9.17, 15) is 4.79 Å². The van der Waals surface area contributed by atoms with Crippen LogP contribution in [0, 0.1) is 5.92 Å². The van der Waals surface area contributed by atoms with Crippen molar-refractivity contribution in [2.75, 3.05) is 25.0 Å². The van der Waals surface area contributed by atoms with Crippen LogP contribution in [0.25, 0.3) is 0 Å². The van der Waals surface area contributed by atoms with Crippen LogP contribution in [0.1, 0.15) is 18.4 Å². The summed E-state index contributed by atoms with van der Waals surface area (Å²) >= 11 is 0. The van der Waals surface area contributed by atoms with Gasteiger partial charge in [-0.25, -0.2) is 0 Å². The summed E-state index contributed by atoms with van der Waals surface area (Å²) in [4.78, 5) is 14.9. The second-order valence-electron chi connectivity index (χ2n) is 5.55. The van der Waals surface area contributed by atoms with Crippen LogP contribution in [-0.4, -0.2) is 30.4 Å². The summed E-state index contributed by atoms with van der Waals surface area (Å²) in [5, 5.41) is 3.08. The van der Waals surface area contributed by atoms with Gasteiger partial charge >= 0.3 is 0 Å². The van der Waals surface area contributed by atoms with E-state index in [-0.39, 0.29) is 11.3 Å². The van der Waals surface area contributed by atoms with Crippen molar-refractivity contribution in [2.24, 2.45) is 5.92 Å². The molecular weight excluding hydrogens is 212 g/mol. The van der Waals surface area contributed by atoms with Crippen LogP contribution in [0.15, 0.2) is 24.3 Å². The first-order valence-corrected chi connectivity index (χ1v) is 6.44. The van der Waals surface area contributed by atoms with Gasteiger partial charge < -0.3 is 10.2 Å². The topological polar surface area (TPSA) is 32.3 Å². The molecule has 88 valence electrons. The van der Waals surface area contributed by atoms with E-state index in [1.165, 1.54) is 18.4 Å². The zero-order chi connectivity index (χ0) is 11.5. The number of nitrogens with one attached hydrogen (secondary N) is 1. The molecule has 2 saturated heterocycles. The van der Waals surface area contributed by atoms with Gasteiger partial charge in [0.1, 0.15) is 0 Å². The zero-order valence-corrected chi connectivity index (χ0v) is 9.78. The monoisotopic (exact) mass is 228 g/mol. The Bertz CT molecular complexity index is 499. The third-order valence-electron chi connectivity index (χ3n) is 4.74. The lowest BCUT2D eigenvalue weighted by Crippen LogP contribution is -2.41. The van der Waals surface area contributed by atoms with E-state index in [1.54, 1.807) is 0 Å². The van der Waals surface area contributed by atoms with Crippen LogP contribution in [-0.2, 0) is 10.2 Å². The van der Waals surface area contributed by atoms with E-state index < -0.39 is 0 Å². The van der Waals surface area contributed by atoms with Crippen LogP contribution in [0.3, 0.4) is 0 Å². The van der Waals surface area contributed by atoms with E-state index in [0.717, 1.165) is 25.3 Å². The lowest BCUT2D eigenvalue weighted by atomic mass is 9.72. The minimum Gasteiger partial charge on any atom is -0.325 e. The highest BCUT2D eigenvalue weighted by Gasteiger charge is 2.57. The average molecular weight is 228 g/mol. The molecule has 3 nitrogen and oxygen atoms in total. The molecule has 1 unspecified atom stereocenters. The number of piperidine rings is 1. The molecule has 1 amide bonds. The molecule has 1 N–H and O–H groups in total. The number of hydrogen-bond acceptors (Lipinski definition) is 2. The second kappa shape index (κ2) is 3.10. The molecule has 0 aliphatic carbocycles. The van der Waals surface area contributed by atoms with Crippen molar-refractivity contribution in [1.82, 2.24) is 4.90 Å². The Morgan fingerprint density at radius 2 is 2.24 bits per heavy atom. The molecule has 3 atom stereocenters. The SMILES string of the molecule is O=C1Nc2ccccc2[C@]12CN1CCC[C@H]2C1. The fourth-order valence-corrected chi connectivity index (χ4v) is 3.98. The molecule has 0 aromatic heterocycles. The highest BCUT2D eigenvalue weighted by molar-refractivity contribution is 6.07. The minimum atomic E-state index is -0.243. The lowest BCUT2D eigenvalue weighted by molar-refractivity contribution is -0.121. The summed E-state index contributed by atoms with van der Waals surface area (Å²) in [6.45, 7) is 3.18. The van der Waals surface area contributed by atoms with Crippen molar-refractivity contribution < 1.29 is 4.79 Å². The quantitative estimate of drug-likeness (QED) is 0.731. The predicted octanol–water partition coefficient (Wildman–Crippen LogP) is 1.60. The molecule has 17 heavy (non-hydrogen) atoms. The molecule has 3 heterocycles. The molecule has 3 aliphatic heterocycles. The number of hydrogen-bond donors (Lipinski definition) is 1. The van der Waals surface area contributed by atoms with Gasteiger partial charge in [-0.2, -0.15) is 0 Å². The third kappa shape index (κ3) is 1.08. The Labute approximate surface area is 101 Å². The van der Waals surface area contributed by atoms with E-state index in [0.29, 0.717) is 5.92 Å². The number of benzene rings is 1. The first-order valence-electron chi connectivity index (χ1n) is 6.44. The minimum absolute atomic E-state index is 0.230. The standard InChI is InChI=1S/C14H16N2O/c17-13-14(9-16-7-3-4-10(14)8-16)11-5-1-2-6-12(11)15-13/h1-2,5-6,10H,3-4,7-9H2,(H,15,17)/t10-,14+/m0/s1. The number of fused-ring (bicyclic) bond motifs is 5. The van der Waals surface area contributed by atoms with Gasteiger partial charge in [-0.15, -0.1) is 0 Å². The van der Waals surface area contributed by atoms with Crippen LogP contribution in [0.4, 0.5) is 5.69 Å². The maximum Gasteiger partial charge on any atom is 0.236 e. The van der Waals surface area contributed by atoms with E-state index in [4.69, 9.17) is 0 Å². The lowest BCUT2D eigenvalue weighted by Gasteiger charge is -2.28. The number of nitrogens with zero attached hydrogens (tertiary/aromatic N) is 1. The highest BCUT2D eigenvalue weighted by Crippen LogP contribution is 2.50. The molecule has 1 spiro atoms. The first-order chi connectivity index (χ1) is 8.30. The fourth-order valence-electron chi connectivity index (χ4n) is 3.98. The largest absolute Gasteiger partial charge is 0.325 e. The predicted molar refractivity (Wildman–Crippen MR) is 65.9 cm³/mol. The highest BCUT2D eigenvalue weighted by atomic mass is 16.2. The molecule has 0 saturated carbocycles. The van der Waals surface area contributed by atoms with Crippen LogP contribution < -0.4 is 5.32 Å². The number of carbonyl (C=O) groups excluding carboxylic acids is 1. The summed E-state index contributed by atoms with van der Waals surface area (Å²) in [5.74, 6) is 0.744. The van der Waals surface area contributed by atoms with E-state index >= 15 is 0 Å². The summed E-state index contributed by atoms with van der Waals surface area (Å²) in [5.41, 5.74) is 2.03. The molecule has 2 bridgehead atoms. The zero-order valence-electron chi connectivity index (χ0n) is 9.78. The van der Waals surface area contributed by atoms with Crippen molar-refractivity contribution in [3.05, 3.63) is 29.8 Å². The molecule has 3 heteroatoms. The van der Waals surface area contributed by atoms with Crippen molar-refractivity contribution in [3.8, 4) is 0 Å². The molecule has 0 radical (unpaired) electrons. The number of para-hydroxylation sites is 1. The summed E-state index contributed by atoms with van der Waals surface area (Å²) in [7, 11) is 0. The molecule has 2 fully saturated rings. The van der Waals surface area contributed by atoms with Gasteiger partial charge in [-0.05, 0) is 36.9 Å². The fraction of sp³-hybridized carbons (Fsp3) is 0.500. The summed E-state index contributed by atoms with van der Waals surface area (Å²) in [6.07, 6.45) is 2.43. The van der Waals surface area contributed by atoms with E-state index in [1.807, 2.05) is 12.1 Å². The Balaban J connectivity index is 1.90. The smallest absolute Gasteiger partial charge is 0.236 e. The maximum absolute atomic E-state index is 12.5. The Morgan fingerprint density at radius 3 is 3.12 bits per heavy atom. The average Bonchev–Trinajstić information content (AvgIpc) is 2.78. The number of carbonyl (C=O) groups is 1. The van der Waals surface area contributed by atoms with Gasteiger partial charge in [0.05, 0.1) is 5.41 Å². The van der Waals surface area contributed by atoms with Crippen LogP contribution in [0.2, 0.25) is 0 Å². The van der Waals surface area contributed by atoms with Gasteiger partial charge in [0.2, 0.25) is 5.91 Å². The van der Waals surface area contributed by atoms with Crippen molar-refractivity contribution >= 4 is 11.6 Å². The normalized spacial score (nSPS) is 38.2. The first kappa shape index (κ1) is 9.66. The van der Waals surface area contributed by atoms with Crippen LogP contribution >= 0.6 is 0 Å². The van der Waals surface area contributed by atoms with Crippen molar-refractivity contribution in [1.29, 1.82) is 0 Å². The van der Waals surface area contributed by atoms with Crippen molar-refractivity contribution in [2.45, 2.75) is 18.3 Å². The van der Waals surface area contributed by atoms with Gasteiger partial charge in [-0.3, -0.25) is 4.79 Å². The Hall–Kier alpha value is -1.35. The van der Waals surface area contributed by atoms with Gasteiger partial charge in [0.15, 0.2) is 0 Å². The Morgan fingerprint density at radius 1 is 1.35 bits per heavy atom. The van der Waals surface area contributed by atoms with E-state index in [2.05, 4.69) is 22.3 Å². The molecular formula is C14H16N2O. The van der Waals surface area contributed by atoms with Gasteiger partial charge in [0, 0.05) is 18.8 Å². The number of anilines is 1. The van der Waals surface area contributed by atoms with Crippen LogP contribution in [0.5, 0.6) is 0 Å². The molecule has 1 aromatic rings. The molecule has 1 aromatic carbocycles.